The molecule has 0 spiro atoms. The first-order valence-corrected chi connectivity index (χ1v) is 7.18. The zero-order valence-electron chi connectivity index (χ0n) is 11.7. The van der Waals surface area contributed by atoms with E-state index in [1.54, 1.807) is 0 Å². The Bertz CT molecular complexity index is 394. The molecule has 1 fully saturated rings. The number of carbonyl (C=O) groups excluding carboxylic acids is 1. The number of amides is 1. The van der Waals surface area contributed by atoms with E-state index in [-0.39, 0.29) is 12.0 Å². The number of benzene rings is 1. The Hall–Kier alpha value is -1.35. The molecule has 1 unspecified atom stereocenters. The van der Waals surface area contributed by atoms with Gasteiger partial charge in [0.15, 0.2) is 0 Å². The molecule has 1 saturated heterocycles. The molecule has 3 nitrogen and oxygen atoms in total. The standard InChI is InChI=1S/C16H23NO2/c1-13-7-9-14(10-8-13)4-2-6-16(18)17-12-15-5-3-11-19-15/h7-10,15H,2-6,11-12H2,1H3,(H,17,18). The topological polar surface area (TPSA) is 38.3 Å². The minimum atomic E-state index is 0.141. The molecule has 1 amide bonds. The molecule has 0 saturated carbocycles. The second kappa shape index (κ2) is 7.29. The number of ether oxygens (including phenoxy) is 1. The van der Waals surface area contributed by atoms with Gasteiger partial charge in [0.05, 0.1) is 6.10 Å². The first-order valence-electron chi connectivity index (χ1n) is 7.18. The van der Waals surface area contributed by atoms with Gasteiger partial charge in [-0.15, -0.1) is 0 Å². The summed E-state index contributed by atoms with van der Waals surface area (Å²) < 4.78 is 5.47. The van der Waals surface area contributed by atoms with Crippen LogP contribution in [0.15, 0.2) is 24.3 Å². The predicted molar refractivity (Wildman–Crippen MR) is 76.1 cm³/mol. The summed E-state index contributed by atoms with van der Waals surface area (Å²) in [6, 6.07) is 8.51. The molecule has 1 atom stereocenters. The van der Waals surface area contributed by atoms with E-state index in [0.717, 1.165) is 32.3 Å². The average Bonchev–Trinajstić information content (AvgIpc) is 2.92. The molecule has 1 aliphatic rings. The monoisotopic (exact) mass is 261 g/mol. The van der Waals surface area contributed by atoms with Crippen LogP contribution in [-0.4, -0.2) is 25.2 Å². The van der Waals surface area contributed by atoms with Gasteiger partial charge in [-0.1, -0.05) is 29.8 Å². The highest BCUT2D eigenvalue weighted by molar-refractivity contribution is 5.75. The van der Waals surface area contributed by atoms with E-state index in [1.165, 1.54) is 11.1 Å². The maximum Gasteiger partial charge on any atom is 0.220 e. The highest BCUT2D eigenvalue weighted by Gasteiger charge is 2.15. The largest absolute Gasteiger partial charge is 0.376 e. The van der Waals surface area contributed by atoms with Gasteiger partial charge in [-0.3, -0.25) is 4.79 Å². The van der Waals surface area contributed by atoms with Crippen LogP contribution in [-0.2, 0) is 16.0 Å². The molecular weight excluding hydrogens is 238 g/mol. The highest BCUT2D eigenvalue weighted by Crippen LogP contribution is 2.11. The molecule has 0 radical (unpaired) electrons. The van der Waals surface area contributed by atoms with Gasteiger partial charge in [0.2, 0.25) is 5.91 Å². The van der Waals surface area contributed by atoms with Crippen molar-refractivity contribution in [2.24, 2.45) is 0 Å². The van der Waals surface area contributed by atoms with E-state index in [9.17, 15) is 4.79 Å². The molecule has 1 aromatic rings. The van der Waals surface area contributed by atoms with Crippen LogP contribution in [0.1, 0.15) is 36.8 Å². The lowest BCUT2D eigenvalue weighted by Gasteiger charge is -2.10. The summed E-state index contributed by atoms with van der Waals surface area (Å²) in [4.78, 5) is 11.7. The van der Waals surface area contributed by atoms with Crippen molar-refractivity contribution in [2.75, 3.05) is 13.2 Å². The minimum Gasteiger partial charge on any atom is -0.376 e. The minimum absolute atomic E-state index is 0.141. The lowest BCUT2D eigenvalue weighted by molar-refractivity contribution is -0.121. The summed E-state index contributed by atoms with van der Waals surface area (Å²) in [6.45, 7) is 3.60. The van der Waals surface area contributed by atoms with Crippen LogP contribution < -0.4 is 5.32 Å². The summed E-state index contributed by atoms with van der Waals surface area (Å²) >= 11 is 0. The Kier molecular flexibility index (Phi) is 5.40. The molecule has 1 aromatic carbocycles. The Morgan fingerprint density at radius 3 is 2.84 bits per heavy atom. The van der Waals surface area contributed by atoms with E-state index < -0.39 is 0 Å². The first-order chi connectivity index (χ1) is 9.24. The fourth-order valence-electron chi connectivity index (χ4n) is 2.33. The van der Waals surface area contributed by atoms with Crippen LogP contribution in [0.25, 0.3) is 0 Å². The molecule has 104 valence electrons. The van der Waals surface area contributed by atoms with Crippen LogP contribution >= 0.6 is 0 Å². The second-order valence-corrected chi connectivity index (χ2v) is 5.28. The Morgan fingerprint density at radius 1 is 1.37 bits per heavy atom. The average molecular weight is 261 g/mol. The smallest absolute Gasteiger partial charge is 0.220 e. The fraction of sp³-hybridized carbons (Fsp3) is 0.562. The normalized spacial score (nSPS) is 18.5. The molecule has 0 bridgehead atoms. The van der Waals surface area contributed by atoms with Gasteiger partial charge in [-0.25, -0.2) is 0 Å². The molecule has 0 aliphatic carbocycles. The van der Waals surface area contributed by atoms with Gasteiger partial charge >= 0.3 is 0 Å². The van der Waals surface area contributed by atoms with Crippen LogP contribution in [0.2, 0.25) is 0 Å². The lowest BCUT2D eigenvalue weighted by Crippen LogP contribution is -2.31. The van der Waals surface area contributed by atoms with Crippen molar-refractivity contribution in [1.82, 2.24) is 5.32 Å². The number of hydrogen-bond acceptors (Lipinski definition) is 2. The van der Waals surface area contributed by atoms with Gasteiger partial charge in [0.25, 0.3) is 0 Å². The number of carbonyl (C=O) groups is 1. The SMILES string of the molecule is Cc1ccc(CCCC(=O)NCC2CCCO2)cc1. The third-order valence-corrected chi connectivity index (χ3v) is 3.54. The van der Waals surface area contributed by atoms with Crippen LogP contribution in [0.5, 0.6) is 0 Å². The quantitative estimate of drug-likeness (QED) is 0.855. The van der Waals surface area contributed by atoms with Crippen molar-refractivity contribution in [1.29, 1.82) is 0 Å². The fourth-order valence-corrected chi connectivity index (χ4v) is 2.33. The maximum atomic E-state index is 11.7. The molecular formula is C16H23NO2. The number of rotatable bonds is 6. The Labute approximate surface area is 115 Å². The third-order valence-electron chi connectivity index (χ3n) is 3.54. The van der Waals surface area contributed by atoms with Crippen LogP contribution in [0, 0.1) is 6.92 Å². The van der Waals surface area contributed by atoms with E-state index in [0.29, 0.717) is 13.0 Å². The maximum absolute atomic E-state index is 11.7. The highest BCUT2D eigenvalue weighted by atomic mass is 16.5. The summed E-state index contributed by atoms with van der Waals surface area (Å²) in [5, 5.41) is 2.96. The van der Waals surface area contributed by atoms with E-state index in [2.05, 4.69) is 36.5 Å². The third kappa shape index (κ3) is 5.03. The zero-order valence-corrected chi connectivity index (χ0v) is 11.7. The van der Waals surface area contributed by atoms with Gasteiger partial charge < -0.3 is 10.1 Å². The Balaban J connectivity index is 1.59. The summed E-state index contributed by atoms with van der Waals surface area (Å²) in [5.41, 5.74) is 2.58. The summed E-state index contributed by atoms with van der Waals surface area (Å²) in [6.07, 6.45) is 4.90. The zero-order chi connectivity index (χ0) is 13.5. The van der Waals surface area contributed by atoms with Crippen molar-refractivity contribution in [2.45, 2.75) is 45.1 Å². The second-order valence-electron chi connectivity index (χ2n) is 5.28. The molecule has 1 aliphatic heterocycles. The van der Waals surface area contributed by atoms with Crippen molar-refractivity contribution in [3.8, 4) is 0 Å². The molecule has 0 aromatic heterocycles. The first kappa shape index (κ1) is 14.1. The van der Waals surface area contributed by atoms with E-state index >= 15 is 0 Å². The number of hydrogen-bond donors (Lipinski definition) is 1. The predicted octanol–water partition coefficient (Wildman–Crippen LogP) is 2.61. The van der Waals surface area contributed by atoms with Crippen molar-refractivity contribution in [3.63, 3.8) is 0 Å². The van der Waals surface area contributed by atoms with Crippen molar-refractivity contribution < 1.29 is 9.53 Å². The van der Waals surface area contributed by atoms with Gasteiger partial charge in [0.1, 0.15) is 0 Å². The van der Waals surface area contributed by atoms with Crippen LogP contribution in [0.4, 0.5) is 0 Å². The van der Waals surface area contributed by atoms with Crippen LogP contribution in [0.3, 0.4) is 0 Å². The van der Waals surface area contributed by atoms with E-state index in [4.69, 9.17) is 4.74 Å². The van der Waals surface area contributed by atoms with Gasteiger partial charge in [-0.2, -0.15) is 0 Å². The molecule has 2 rings (SSSR count). The number of aryl methyl sites for hydroxylation is 2. The molecule has 19 heavy (non-hydrogen) atoms. The van der Waals surface area contributed by atoms with Gasteiger partial charge in [-0.05, 0) is 38.2 Å². The van der Waals surface area contributed by atoms with Crippen molar-refractivity contribution in [3.05, 3.63) is 35.4 Å². The summed E-state index contributed by atoms with van der Waals surface area (Å²) in [5.74, 6) is 0.141. The summed E-state index contributed by atoms with van der Waals surface area (Å²) in [7, 11) is 0. The molecule has 1 heterocycles. The lowest BCUT2D eigenvalue weighted by atomic mass is 10.1. The van der Waals surface area contributed by atoms with E-state index in [1.807, 2.05) is 0 Å². The van der Waals surface area contributed by atoms with Crippen molar-refractivity contribution >= 4 is 5.91 Å². The molecule has 3 heteroatoms. The molecule has 1 N–H and O–H groups in total. The van der Waals surface area contributed by atoms with Gasteiger partial charge in [0, 0.05) is 19.6 Å². The number of nitrogens with one attached hydrogen (secondary N) is 1. The Morgan fingerprint density at radius 2 is 2.16 bits per heavy atom.